The molecular formula is C9H24N2. The molecule has 11 heavy (non-hydrogen) atoms. The minimum Gasteiger partial charge on any atom is -0.344 e. The van der Waals surface area contributed by atoms with Crippen molar-refractivity contribution in [2.75, 3.05) is 0 Å². The number of hydrogen-bond acceptors (Lipinski definition) is 2. The van der Waals surface area contributed by atoms with Crippen LogP contribution in [-0.4, -0.2) is 0 Å². The van der Waals surface area contributed by atoms with E-state index in [1.54, 1.807) is 0 Å². The molecule has 0 unspecified atom stereocenters. The van der Waals surface area contributed by atoms with Crippen LogP contribution in [0.15, 0.2) is 0 Å². The Labute approximate surface area is 70.9 Å². The van der Waals surface area contributed by atoms with Gasteiger partial charge in [0.05, 0.1) is 0 Å². The lowest BCUT2D eigenvalue weighted by Crippen LogP contribution is -2.04. The molecule has 0 spiro atoms. The SMILES string of the molecule is CCCC1CCCCC1.N.N. The van der Waals surface area contributed by atoms with E-state index in [2.05, 4.69) is 6.92 Å². The minimum absolute atomic E-state index is 0. The maximum Gasteiger partial charge on any atom is -0.0414 e. The van der Waals surface area contributed by atoms with Crippen LogP contribution in [-0.2, 0) is 0 Å². The van der Waals surface area contributed by atoms with Crippen molar-refractivity contribution < 1.29 is 0 Å². The standard InChI is InChI=1S/C9H18.2H3N/c1-2-6-9-7-4-3-5-8-9;;/h9H,2-8H2,1H3;2*1H3. The lowest BCUT2D eigenvalue weighted by Gasteiger charge is -2.20. The van der Waals surface area contributed by atoms with E-state index in [-0.39, 0.29) is 12.3 Å². The highest BCUT2D eigenvalue weighted by molar-refractivity contribution is 4.64. The minimum atomic E-state index is 0. The number of rotatable bonds is 2. The lowest BCUT2D eigenvalue weighted by atomic mass is 9.86. The number of hydrogen-bond donors (Lipinski definition) is 2. The van der Waals surface area contributed by atoms with Crippen molar-refractivity contribution in [2.24, 2.45) is 5.92 Å². The van der Waals surface area contributed by atoms with Gasteiger partial charge in [-0.05, 0) is 5.92 Å². The Hall–Kier alpha value is -0.0800. The van der Waals surface area contributed by atoms with Crippen molar-refractivity contribution in [1.82, 2.24) is 12.3 Å². The van der Waals surface area contributed by atoms with Gasteiger partial charge in [0.15, 0.2) is 0 Å². The highest BCUT2D eigenvalue weighted by atomic mass is 14.2. The van der Waals surface area contributed by atoms with Crippen molar-refractivity contribution in [1.29, 1.82) is 0 Å². The molecule has 0 amide bonds. The molecule has 1 aliphatic rings. The fraction of sp³-hybridized carbons (Fsp3) is 1.00. The zero-order valence-corrected chi connectivity index (χ0v) is 7.94. The molecule has 0 saturated heterocycles. The fourth-order valence-corrected chi connectivity index (χ4v) is 1.88. The first-order valence-electron chi connectivity index (χ1n) is 4.43. The van der Waals surface area contributed by atoms with Gasteiger partial charge in [-0.1, -0.05) is 51.9 Å². The molecule has 0 aliphatic heterocycles. The van der Waals surface area contributed by atoms with Gasteiger partial charge in [-0.2, -0.15) is 0 Å². The first-order chi connectivity index (χ1) is 4.43. The van der Waals surface area contributed by atoms with Crippen LogP contribution in [0.3, 0.4) is 0 Å². The summed E-state index contributed by atoms with van der Waals surface area (Å²) in [6, 6.07) is 0. The zero-order valence-electron chi connectivity index (χ0n) is 7.94. The van der Waals surface area contributed by atoms with Crippen LogP contribution in [0.5, 0.6) is 0 Å². The van der Waals surface area contributed by atoms with Crippen LogP contribution in [0.1, 0.15) is 51.9 Å². The van der Waals surface area contributed by atoms with Crippen LogP contribution in [0, 0.1) is 5.92 Å². The molecule has 0 aromatic carbocycles. The third-order valence-electron chi connectivity index (χ3n) is 2.42. The summed E-state index contributed by atoms with van der Waals surface area (Å²) in [5, 5.41) is 0. The summed E-state index contributed by atoms with van der Waals surface area (Å²) >= 11 is 0. The van der Waals surface area contributed by atoms with E-state index in [0.29, 0.717) is 0 Å². The van der Waals surface area contributed by atoms with Crippen LogP contribution in [0.4, 0.5) is 0 Å². The maximum atomic E-state index is 2.30. The molecule has 2 heteroatoms. The third-order valence-corrected chi connectivity index (χ3v) is 2.42. The molecule has 2 nitrogen and oxygen atoms in total. The highest BCUT2D eigenvalue weighted by Gasteiger charge is 2.10. The van der Waals surface area contributed by atoms with Gasteiger partial charge in [0.2, 0.25) is 0 Å². The van der Waals surface area contributed by atoms with Gasteiger partial charge in [-0.3, -0.25) is 0 Å². The van der Waals surface area contributed by atoms with Crippen LogP contribution >= 0.6 is 0 Å². The van der Waals surface area contributed by atoms with Gasteiger partial charge >= 0.3 is 0 Å². The largest absolute Gasteiger partial charge is 0.344 e. The monoisotopic (exact) mass is 160 g/mol. The average Bonchev–Trinajstić information content (AvgIpc) is 1.91. The summed E-state index contributed by atoms with van der Waals surface area (Å²) in [6.45, 7) is 2.30. The normalized spacial score (nSPS) is 18.3. The Balaban J connectivity index is 0. The lowest BCUT2D eigenvalue weighted by molar-refractivity contribution is 0.336. The van der Waals surface area contributed by atoms with Crippen LogP contribution in [0.25, 0.3) is 0 Å². The Bertz CT molecular complexity index is 65.2. The van der Waals surface area contributed by atoms with E-state index >= 15 is 0 Å². The molecule has 0 atom stereocenters. The fourth-order valence-electron chi connectivity index (χ4n) is 1.88. The summed E-state index contributed by atoms with van der Waals surface area (Å²) in [5.41, 5.74) is 0. The molecule has 1 saturated carbocycles. The Morgan fingerprint density at radius 3 is 2.00 bits per heavy atom. The van der Waals surface area contributed by atoms with Crippen molar-refractivity contribution in [3.8, 4) is 0 Å². The molecule has 6 N–H and O–H groups in total. The third kappa shape index (κ3) is 5.22. The second kappa shape index (κ2) is 8.02. The molecule has 1 rings (SSSR count). The molecule has 0 aromatic heterocycles. The summed E-state index contributed by atoms with van der Waals surface area (Å²) in [7, 11) is 0. The smallest absolute Gasteiger partial charge is 0.0414 e. The Kier molecular flexibility index (Phi) is 9.85. The van der Waals surface area contributed by atoms with Crippen molar-refractivity contribution in [3.05, 3.63) is 0 Å². The predicted octanol–water partition coefficient (Wildman–Crippen LogP) is 3.69. The van der Waals surface area contributed by atoms with Crippen molar-refractivity contribution >= 4 is 0 Å². The van der Waals surface area contributed by atoms with Gasteiger partial charge in [0.25, 0.3) is 0 Å². The first kappa shape index (κ1) is 13.5. The van der Waals surface area contributed by atoms with Crippen LogP contribution < -0.4 is 12.3 Å². The molecule has 70 valence electrons. The van der Waals surface area contributed by atoms with Gasteiger partial charge in [-0.15, -0.1) is 0 Å². The predicted molar refractivity (Wildman–Crippen MR) is 51.5 cm³/mol. The van der Waals surface area contributed by atoms with E-state index < -0.39 is 0 Å². The summed E-state index contributed by atoms with van der Waals surface area (Å²) < 4.78 is 0. The van der Waals surface area contributed by atoms with E-state index in [9.17, 15) is 0 Å². The van der Waals surface area contributed by atoms with E-state index in [0.717, 1.165) is 5.92 Å². The summed E-state index contributed by atoms with van der Waals surface area (Å²) in [6.07, 6.45) is 10.4. The van der Waals surface area contributed by atoms with Crippen molar-refractivity contribution in [3.63, 3.8) is 0 Å². The summed E-state index contributed by atoms with van der Waals surface area (Å²) in [5.74, 6) is 1.10. The Morgan fingerprint density at radius 2 is 1.55 bits per heavy atom. The highest BCUT2D eigenvalue weighted by Crippen LogP contribution is 2.26. The molecule has 1 aliphatic carbocycles. The second-order valence-corrected chi connectivity index (χ2v) is 3.29. The molecule has 0 bridgehead atoms. The Morgan fingerprint density at radius 1 is 1.00 bits per heavy atom. The molecular weight excluding hydrogens is 136 g/mol. The molecule has 0 heterocycles. The summed E-state index contributed by atoms with van der Waals surface area (Å²) in [4.78, 5) is 0. The average molecular weight is 160 g/mol. The van der Waals surface area contributed by atoms with E-state index in [4.69, 9.17) is 0 Å². The topological polar surface area (TPSA) is 70.0 Å². The van der Waals surface area contributed by atoms with Gasteiger partial charge in [-0.25, -0.2) is 0 Å². The van der Waals surface area contributed by atoms with Gasteiger partial charge in [0.1, 0.15) is 0 Å². The van der Waals surface area contributed by atoms with Crippen molar-refractivity contribution in [2.45, 2.75) is 51.9 Å². The molecule has 1 fully saturated rings. The molecule has 0 aromatic rings. The van der Waals surface area contributed by atoms with Crippen LogP contribution in [0.2, 0.25) is 0 Å². The first-order valence-corrected chi connectivity index (χ1v) is 4.43. The maximum absolute atomic E-state index is 2.30. The second-order valence-electron chi connectivity index (χ2n) is 3.29. The quantitative estimate of drug-likeness (QED) is 0.646. The van der Waals surface area contributed by atoms with E-state index in [1.807, 2.05) is 0 Å². The van der Waals surface area contributed by atoms with E-state index in [1.165, 1.54) is 44.9 Å². The van der Waals surface area contributed by atoms with Gasteiger partial charge < -0.3 is 12.3 Å². The zero-order chi connectivity index (χ0) is 6.53. The molecule has 0 radical (unpaired) electrons. The van der Waals surface area contributed by atoms with Gasteiger partial charge in [0, 0.05) is 0 Å².